The molecular formula is C6H9N3. The highest BCUT2D eigenvalue weighted by Crippen LogP contribution is 2.17. The van der Waals surface area contributed by atoms with E-state index in [-0.39, 0.29) is 0 Å². The average molecular weight is 123 g/mol. The van der Waals surface area contributed by atoms with Crippen molar-refractivity contribution in [1.29, 1.82) is 0 Å². The van der Waals surface area contributed by atoms with Gasteiger partial charge >= 0.3 is 0 Å². The molecule has 48 valence electrons. The summed E-state index contributed by atoms with van der Waals surface area (Å²) in [4.78, 5) is 2.70. The third-order valence-corrected chi connectivity index (χ3v) is 1.51. The van der Waals surface area contributed by atoms with Gasteiger partial charge in [-0.25, -0.2) is 0 Å². The van der Waals surface area contributed by atoms with Crippen LogP contribution in [0.1, 0.15) is 12.8 Å². The molecule has 0 aromatic heterocycles. The van der Waals surface area contributed by atoms with Crippen molar-refractivity contribution in [1.82, 2.24) is 0 Å². The number of hydrogen-bond donors (Lipinski definition) is 0. The molecular weight excluding hydrogens is 114 g/mol. The van der Waals surface area contributed by atoms with E-state index in [0.717, 1.165) is 12.8 Å². The van der Waals surface area contributed by atoms with E-state index in [1.807, 2.05) is 0 Å². The van der Waals surface area contributed by atoms with Crippen molar-refractivity contribution >= 4 is 0 Å². The van der Waals surface area contributed by atoms with E-state index in [4.69, 9.17) is 5.53 Å². The van der Waals surface area contributed by atoms with Gasteiger partial charge in [0, 0.05) is 11.5 Å². The van der Waals surface area contributed by atoms with E-state index < -0.39 is 0 Å². The minimum Gasteiger partial charge on any atom is -0.0937 e. The molecule has 0 aliphatic heterocycles. The third-order valence-electron chi connectivity index (χ3n) is 1.51. The molecule has 0 N–H and O–H groups in total. The summed E-state index contributed by atoms with van der Waals surface area (Å²) in [5.41, 5.74) is 7.96. The van der Waals surface area contributed by atoms with Gasteiger partial charge < -0.3 is 0 Å². The second kappa shape index (κ2) is 3.15. The Morgan fingerprint density at radius 3 is 2.78 bits per heavy atom. The van der Waals surface area contributed by atoms with Crippen LogP contribution in [0, 0.1) is 5.92 Å². The molecule has 0 spiro atoms. The van der Waals surface area contributed by atoms with Crippen LogP contribution >= 0.6 is 0 Å². The Morgan fingerprint density at radius 2 is 2.22 bits per heavy atom. The second-order valence-corrected chi connectivity index (χ2v) is 2.22. The standard InChI is InChI=1S/C6H9N3/c7-9-8-5-6-3-1-2-4-6/h1-2,6H,3-5H2. The summed E-state index contributed by atoms with van der Waals surface area (Å²) in [6.07, 6.45) is 6.44. The Labute approximate surface area is 54.0 Å². The average Bonchev–Trinajstić information content (AvgIpc) is 2.34. The molecule has 0 unspecified atom stereocenters. The molecule has 3 heteroatoms. The Hall–Kier alpha value is -0.950. The van der Waals surface area contributed by atoms with Crippen LogP contribution in [0.5, 0.6) is 0 Å². The van der Waals surface area contributed by atoms with Gasteiger partial charge in [0.05, 0.1) is 0 Å². The first-order valence-corrected chi connectivity index (χ1v) is 3.09. The largest absolute Gasteiger partial charge is 0.0937 e. The number of hydrogen-bond acceptors (Lipinski definition) is 1. The van der Waals surface area contributed by atoms with Crippen LogP contribution in [0.3, 0.4) is 0 Å². The van der Waals surface area contributed by atoms with Crippen molar-refractivity contribution in [3.63, 3.8) is 0 Å². The summed E-state index contributed by atoms with van der Waals surface area (Å²) in [5, 5.41) is 3.49. The van der Waals surface area contributed by atoms with Crippen LogP contribution in [0.2, 0.25) is 0 Å². The minimum atomic E-state index is 0.584. The van der Waals surface area contributed by atoms with Crippen LogP contribution in [0.25, 0.3) is 10.4 Å². The quantitative estimate of drug-likeness (QED) is 0.234. The van der Waals surface area contributed by atoms with Crippen molar-refractivity contribution in [2.24, 2.45) is 11.0 Å². The maximum Gasteiger partial charge on any atom is 0.0292 e. The molecule has 0 radical (unpaired) electrons. The van der Waals surface area contributed by atoms with Crippen LogP contribution in [0.15, 0.2) is 17.3 Å². The van der Waals surface area contributed by atoms with Crippen LogP contribution in [0.4, 0.5) is 0 Å². The van der Waals surface area contributed by atoms with Crippen LogP contribution in [-0.4, -0.2) is 6.54 Å². The van der Waals surface area contributed by atoms with Gasteiger partial charge in [0.15, 0.2) is 0 Å². The first-order chi connectivity index (χ1) is 4.43. The van der Waals surface area contributed by atoms with Gasteiger partial charge in [0.1, 0.15) is 0 Å². The molecule has 0 bridgehead atoms. The van der Waals surface area contributed by atoms with E-state index >= 15 is 0 Å². The lowest BCUT2D eigenvalue weighted by atomic mass is 10.1. The van der Waals surface area contributed by atoms with Crippen molar-refractivity contribution in [3.05, 3.63) is 22.6 Å². The molecule has 9 heavy (non-hydrogen) atoms. The Morgan fingerprint density at radius 1 is 1.56 bits per heavy atom. The predicted octanol–water partition coefficient (Wildman–Crippen LogP) is 2.26. The van der Waals surface area contributed by atoms with E-state index in [1.165, 1.54) is 0 Å². The Kier molecular flexibility index (Phi) is 2.16. The minimum absolute atomic E-state index is 0.584. The first kappa shape index (κ1) is 6.17. The molecule has 0 aromatic carbocycles. The lowest BCUT2D eigenvalue weighted by molar-refractivity contribution is 0.582. The van der Waals surface area contributed by atoms with Gasteiger partial charge in [0.25, 0.3) is 0 Å². The summed E-state index contributed by atoms with van der Waals surface area (Å²) in [7, 11) is 0. The highest BCUT2D eigenvalue weighted by atomic mass is 15.1. The fourth-order valence-corrected chi connectivity index (χ4v) is 0.975. The zero-order valence-corrected chi connectivity index (χ0v) is 5.20. The van der Waals surface area contributed by atoms with E-state index in [1.54, 1.807) is 0 Å². The molecule has 0 fully saturated rings. The summed E-state index contributed by atoms with van der Waals surface area (Å²) >= 11 is 0. The molecule has 0 heterocycles. The van der Waals surface area contributed by atoms with Crippen molar-refractivity contribution in [2.45, 2.75) is 12.8 Å². The number of rotatable bonds is 2. The number of allylic oxidation sites excluding steroid dienone is 2. The summed E-state index contributed by atoms with van der Waals surface area (Å²) < 4.78 is 0. The third kappa shape index (κ3) is 1.78. The Bertz CT molecular complexity index is 148. The second-order valence-electron chi connectivity index (χ2n) is 2.22. The predicted molar refractivity (Wildman–Crippen MR) is 35.9 cm³/mol. The maximum absolute atomic E-state index is 7.96. The van der Waals surface area contributed by atoms with E-state index in [9.17, 15) is 0 Å². The number of azide groups is 1. The van der Waals surface area contributed by atoms with Crippen molar-refractivity contribution < 1.29 is 0 Å². The van der Waals surface area contributed by atoms with Crippen molar-refractivity contribution in [2.75, 3.05) is 6.54 Å². The molecule has 0 amide bonds. The zero-order chi connectivity index (χ0) is 6.53. The van der Waals surface area contributed by atoms with Gasteiger partial charge in [-0.15, -0.1) is 0 Å². The lowest BCUT2D eigenvalue weighted by Crippen LogP contribution is -1.96. The molecule has 0 atom stereocenters. The molecule has 1 aliphatic rings. The molecule has 0 saturated carbocycles. The fourth-order valence-electron chi connectivity index (χ4n) is 0.975. The summed E-state index contributed by atoms with van der Waals surface area (Å²) in [6.45, 7) is 0.656. The smallest absolute Gasteiger partial charge is 0.0292 e. The van der Waals surface area contributed by atoms with Gasteiger partial charge in [-0.05, 0) is 24.3 Å². The Balaban J connectivity index is 2.22. The topological polar surface area (TPSA) is 48.8 Å². The maximum atomic E-state index is 7.96. The van der Waals surface area contributed by atoms with E-state index in [0.29, 0.717) is 12.5 Å². The van der Waals surface area contributed by atoms with Crippen molar-refractivity contribution in [3.8, 4) is 0 Å². The highest BCUT2D eigenvalue weighted by molar-refractivity contribution is 4.94. The first-order valence-electron chi connectivity index (χ1n) is 3.09. The van der Waals surface area contributed by atoms with Gasteiger partial charge in [-0.2, -0.15) is 0 Å². The fraction of sp³-hybridized carbons (Fsp3) is 0.667. The molecule has 0 saturated heterocycles. The van der Waals surface area contributed by atoms with Gasteiger partial charge in [-0.3, -0.25) is 0 Å². The van der Waals surface area contributed by atoms with E-state index in [2.05, 4.69) is 22.2 Å². The molecule has 0 aromatic rings. The molecule has 1 aliphatic carbocycles. The SMILES string of the molecule is [N-]=[N+]=NCC1CC=CC1. The molecule has 1 rings (SSSR count). The zero-order valence-electron chi connectivity index (χ0n) is 5.20. The summed E-state index contributed by atoms with van der Waals surface area (Å²) in [5.74, 6) is 0.584. The van der Waals surface area contributed by atoms with Crippen LogP contribution in [-0.2, 0) is 0 Å². The number of nitrogens with zero attached hydrogens (tertiary/aromatic N) is 3. The van der Waals surface area contributed by atoms with Crippen LogP contribution < -0.4 is 0 Å². The normalized spacial score (nSPS) is 17.8. The molecule has 3 nitrogen and oxygen atoms in total. The highest BCUT2D eigenvalue weighted by Gasteiger charge is 2.07. The van der Waals surface area contributed by atoms with Gasteiger partial charge in [-0.1, -0.05) is 17.3 Å². The summed E-state index contributed by atoms with van der Waals surface area (Å²) in [6, 6.07) is 0. The monoisotopic (exact) mass is 123 g/mol. The lowest BCUT2D eigenvalue weighted by Gasteiger charge is -2.00. The van der Waals surface area contributed by atoms with Gasteiger partial charge in [0.2, 0.25) is 0 Å².